The number of ether oxygens (including phenoxy) is 1. The maximum absolute atomic E-state index is 10.7. The molecule has 0 spiro atoms. The van der Waals surface area contributed by atoms with Crippen LogP contribution in [-0.4, -0.2) is 59.5 Å². The molecule has 0 unspecified atom stereocenters. The lowest BCUT2D eigenvalue weighted by atomic mass is 9.91. The van der Waals surface area contributed by atoms with Crippen LogP contribution in [0.25, 0.3) is 11.3 Å². The number of nitrogens with zero attached hydrogens (tertiary/aromatic N) is 3. The summed E-state index contributed by atoms with van der Waals surface area (Å²) in [5, 5.41) is 7.00. The average Bonchev–Trinajstić information content (AvgIpc) is 3.30. The van der Waals surface area contributed by atoms with Gasteiger partial charge in [-0.05, 0) is 45.0 Å². The molecule has 1 saturated heterocycles. The highest BCUT2D eigenvalue weighted by Gasteiger charge is 2.20. The summed E-state index contributed by atoms with van der Waals surface area (Å²) in [6.45, 7) is 4.38. The van der Waals surface area contributed by atoms with Gasteiger partial charge in [0, 0.05) is 17.5 Å². The summed E-state index contributed by atoms with van der Waals surface area (Å²) in [4.78, 5) is 27.4. The Balaban J connectivity index is 0.000000193. The third-order valence-corrected chi connectivity index (χ3v) is 6.36. The molecule has 9 heteroatoms. The molecule has 33 heavy (non-hydrogen) atoms. The predicted octanol–water partition coefficient (Wildman–Crippen LogP) is 4.35. The monoisotopic (exact) mass is 477 g/mol. The topological polar surface area (TPSA) is 114 Å². The molecule has 0 radical (unpaired) electrons. The second-order valence-corrected chi connectivity index (χ2v) is 9.16. The van der Waals surface area contributed by atoms with Crippen molar-refractivity contribution in [3.63, 3.8) is 0 Å². The summed E-state index contributed by atoms with van der Waals surface area (Å²) < 4.78 is 4.99. The molecule has 2 aromatic rings. The smallest absolute Gasteiger partial charge is 0.220 e. The average molecular weight is 478 g/mol. The third-order valence-electron chi connectivity index (χ3n) is 6.05. The molecule has 3 N–H and O–H groups in total. The molecule has 182 valence electrons. The number of aromatic amines is 1. The molecule has 8 nitrogen and oxygen atoms in total. The summed E-state index contributed by atoms with van der Waals surface area (Å²) >= 11 is 5.98. The molecular formula is C24H36ClN5O3. The lowest BCUT2D eigenvalue weighted by molar-refractivity contribution is -0.123. The van der Waals surface area contributed by atoms with Crippen molar-refractivity contribution in [3.8, 4) is 17.1 Å². The van der Waals surface area contributed by atoms with Crippen LogP contribution in [0, 0.1) is 11.8 Å². The summed E-state index contributed by atoms with van der Waals surface area (Å²) in [5.74, 6) is 1.48. The summed E-state index contributed by atoms with van der Waals surface area (Å²) in [6, 6.07) is 3.26. The molecule has 3 heterocycles. The van der Waals surface area contributed by atoms with Crippen molar-refractivity contribution >= 4 is 23.8 Å². The van der Waals surface area contributed by atoms with Crippen LogP contribution in [0.2, 0.25) is 5.02 Å². The van der Waals surface area contributed by atoms with Crippen molar-refractivity contribution in [3.05, 3.63) is 29.0 Å². The molecular weight excluding hydrogens is 442 g/mol. The number of halogens is 1. The number of H-pyrrole nitrogens is 1. The first-order chi connectivity index (χ1) is 15.8. The van der Waals surface area contributed by atoms with E-state index in [0.29, 0.717) is 34.1 Å². The zero-order valence-electron chi connectivity index (χ0n) is 19.8. The lowest BCUT2D eigenvalue weighted by Gasteiger charge is -2.26. The van der Waals surface area contributed by atoms with Crippen molar-refractivity contribution in [2.24, 2.45) is 17.6 Å². The van der Waals surface area contributed by atoms with Crippen LogP contribution in [0.5, 0.6) is 5.88 Å². The minimum absolute atomic E-state index is 0.131. The van der Waals surface area contributed by atoms with E-state index in [1.54, 1.807) is 12.1 Å². The first kappa shape index (κ1) is 26.8. The van der Waals surface area contributed by atoms with Crippen LogP contribution in [0.3, 0.4) is 0 Å². The summed E-state index contributed by atoms with van der Waals surface area (Å²) in [5.41, 5.74) is 6.79. The molecule has 1 aliphatic carbocycles. The SMILES string of the molecule is CC1CCCCC1.CN1CCC(C(N)=O)CC1.COc1cc(-c2cc(C=O)[nH]n2)c(Cl)cn1. The van der Waals surface area contributed by atoms with E-state index < -0.39 is 0 Å². The van der Waals surface area contributed by atoms with Gasteiger partial charge in [-0.1, -0.05) is 50.6 Å². The number of hydrogen-bond donors (Lipinski definition) is 2. The third kappa shape index (κ3) is 9.14. The Morgan fingerprint density at radius 3 is 2.36 bits per heavy atom. The maximum Gasteiger partial charge on any atom is 0.220 e. The number of pyridine rings is 1. The number of carbonyl (C=O) groups is 2. The van der Waals surface area contributed by atoms with E-state index in [2.05, 4.69) is 34.1 Å². The molecule has 2 fully saturated rings. The fourth-order valence-corrected chi connectivity index (χ4v) is 4.06. The molecule has 1 saturated carbocycles. The van der Waals surface area contributed by atoms with Gasteiger partial charge in [0.15, 0.2) is 6.29 Å². The Labute approximate surface area is 201 Å². The Morgan fingerprint density at radius 1 is 1.21 bits per heavy atom. The number of nitrogens with two attached hydrogens (primary N) is 1. The van der Waals surface area contributed by atoms with Gasteiger partial charge in [0.25, 0.3) is 0 Å². The van der Waals surface area contributed by atoms with Gasteiger partial charge in [-0.25, -0.2) is 4.98 Å². The Bertz CT molecular complexity index is 875. The van der Waals surface area contributed by atoms with Gasteiger partial charge < -0.3 is 15.4 Å². The van der Waals surface area contributed by atoms with Gasteiger partial charge in [0.2, 0.25) is 11.8 Å². The van der Waals surface area contributed by atoms with Crippen LogP contribution in [0.4, 0.5) is 0 Å². The van der Waals surface area contributed by atoms with Crippen molar-refractivity contribution in [2.45, 2.75) is 51.9 Å². The first-order valence-corrected chi connectivity index (χ1v) is 11.9. The largest absolute Gasteiger partial charge is 0.481 e. The zero-order chi connectivity index (χ0) is 24.2. The van der Waals surface area contributed by atoms with E-state index in [-0.39, 0.29) is 11.8 Å². The van der Waals surface area contributed by atoms with Gasteiger partial charge in [-0.2, -0.15) is 5.10 Å². The van der Waals surface area contributed by atoms with E-state index in [1.807, 2.05) is 0 Å². The normalized spacial score (nSPS) is 17.2. The Kier molecular flexibility index (Phi) is 11.3. The van der Waals surface area contributed by atoms with Gasteiger partial charge in [-0.3, -0.25) is 14.7 Å². The van der Waals surface area contributed by atoms with Crippen LogP contribution in [0.15, 0.2) is 18.3 Å². The van der Waals surface area contributed by atoms with Gasteiger partial charge in [-0.15, -0.1) is 0 Å². The number of methoxy groups -OCH3 is 1. The number of rotatable bonds is 4. The van der Waals surface area contributed by atoms with Crippen LogP contribution >= 0.6 is 11.6 Å². The highest BCUT2D eigenvalue weighted by Crippen LogP contribution is 2.28. The Morgan fingerprint density at radius 2 is 1.88 bits per heavy atom. The number of primary amides is 1. The van der Waals surface area contributed by atoms with Crippen molar-refractivity contribution in [1.82, 2.24) is 20.1 Å². The molecule has 1 amide bonds. The minimum atomic E-state index is -0.131. The van der Waals surface area contributed by atoms with Gasteiger partial charge in [0.05, 0.1) is 29.7 Å². The molecule has 0 bridgehead atoms. The van der Waals surface area contributed by atoms with E-state index in [0.717, 1.165) is 31.8 Å². The van der Waals surface area contributed by atoms with Gasteiger partial charge >= 0.3 is 0 Å². The number of piperidine rings is 1. The maximum atomic E-state index is 10.7. The van der Waals surface area contributed by atoms with Crippen LogP contribution < -0.4 is 10.5 Å². The quantitative estimate of drug-likeness (QED) is 0.633. The van der Waals surface area contributed by atoms with E-state index >= 15 is 0 Å². The highest BCUT2D eigenvalue weighted by molar-refractivity contribution is 6.33. The number of likely N-dealkylation sites (tertiary alicyclic amines) is 1. The minimum Gasteiger partial charge on any atom is -0.481 e. The molecule has 0 atom stereocenters. The summed E-state index contributed by atoms with van der Waals surface area (Å²) in [6.07, 6.45) is 11.5. The van der Waals surface area contributed by atoms with Crippen LogP contribution in [-0.2, 0) is 4.79 Å². The lowest BCUT2D eigenvalue weighted by Crippen LogP contribution is -2.36. The molecule has 2 aromatic heterocycles. The number of amides is 1. The molecule has 1 aliphatic heterocycles. The fraction of sp³-hybridized carbons (Fsp3) is 0.583. The van der Waals surface area contributed by atoms with E-state index in [4.69, 9.17) is 22.1 Å². The molecule has 0 aromatic carbocycles. The molecule has 4 rings (SSSR count). The van der Waals surface area contributed by atoms with Crippen molar-refractivity contribution in [2.75, 3.05) is 27.2 Å². The number of hydrogen-bond acceptors (Lipinski definition) is 6. The summed E-state index contributed by atoms with van der Waals surface area (Å²) in [7, 11) is 3.58. The van der Waals surface area contributed by atoms with Crippen LogP contribution in [0.1, 0.15) is 62.4 Å². The second kappa shape index (κ2) is 14.0. The first-order valence-electron chi connectivity index (χ1n) is 11.5. The second-order valence-electron chi connectivity index (χ2n) is 8.76. The van der Waals surface area contributed by atoms with E-state index in [1.165, 1.54) is 45.4 Å². The highest BCUT2D eigenvalue weighted by atomic mass is 35.5. The number of nitrogens with one attached hydrogen (secondary N) is 1. The van der Waals surface area contributed by atoms with Crippen molar-refractivity contribution < 1.29 is 14.3 Å². The Hall–Kier alpha value is -2.45. The number of carbonyl (C=O) groups excluding carboxylic acids is 2. The molecule has 2 aliphatic rings. The number of aromatic nitrogens is 3. The fourth-order valence-electron chi connectivity index (χ4n) is 3.86. The number of aldehydes is 1. The predicted molar refractivity (Wildman–Crippen MR) is 130 cm³/mol. The van der Waals surface area contributed by atoms with Crippen molar-refractivity contribution in [1.29, 1.82) is 0 Å². The van der Waals surface area contributed by atoms with E-state index in [9.17, 15) is 9.59 Å². The van der Waals surface area contributed by atoms with Gasteiger partial charge in [0.1, 0.15) is 0 Å². The zero-order valence-corrected chi connectivity index (χ0v) is 20.6. The standard InChI is InChI=1S/C10H8ClN3O2.C7H14N2O.C7H14/c1-16-10-3-7(8(11)4-12-10)9-2-6(5-15)13-14-9;1-9-4-2-6(3-5-9)7(8)10;1-7-5-3-2-4-6-7/h2-5H,1H3,(H,13,14);6H,2-5H2,1H3,(H2,8,10);7H,2-6H2,1H3.